The van der Waals surface area contributed by atoms with Crippen LogP contribution in [0.25, 0.3) is 0 Å². The first-order valence-corrected chi connectivity index (χ1v) is 6.75. The van der Waals surface area contributed by atoms with Crippen LogP contribution >= 0.6 is 23.2 Å². The highest BCUT2D eigenvalue weighted by Gasteiger charge is 2.21. The smallest absolute Gasteiger partial charge is 0.0456 e. The molecule has 18 heavy (non-hydrogen) atoms. The molecule has 1 atom stereocenters. The fraction of sp³-hybridized carbons (Fsp3) is 0.200. The summed E-state index contributed by atoms with van der Waals surface area (Å²) in [7, 11) is 0. The van der Waals surface area contributed by atoms with Crippen molar-refractivity contribution in [1.82, 2.24) is 5.32 Å². The Kier molecular flexibility index (Phi) is 3.29. The molecule has 3 heteroatoms. The van der Waals surface area contributed by atoms with E-state index in [1.807, 2.05) is 18.2 Å². The molecule has 1 aliphatic rings. The van der Waals surface area contributed by atoms with Crippen LogP contribution in [0.15, 0.2) is 42.5 Å². The second kappa shape index (κ2) is 4.93. The lowest BCUT2D eigenvalue weighted by Crippen LogP contribution is -2.28. The van der Waals surface area contributed by atoms with Crippen LogP contribution in [0.2, 0.25) is 10.0 Å². The second-order valence-electron chi connectivity index (χ2n) is 4.57. The van der Waals surface area contributed by atoms with Gasteiger partial charge in [-0.25, -0.2) is 0 Å². The van der Waals surface area contributed by atoms with Crippen molar-refractivity contribution in [3.63, 3.8) is 0 Å². The average molecular weight is 278 g/mol. The van der Waals surface area contributed by atoms with E-state index in [4.69, 9.17) is 23.2 Å². The Balaban J connectivity index is 1.94. The van der Waals surface area contributed by atoms with Gasteiger partial charge in [-0.2, -0.15) is 0 Å². The Labute approximate surface area is 117 Å². The molecule has 1 nitrogen and oxygen atoms in total. The summed E-state index contributed by atoms with van der Waals surface area (Å²) in [5, 5.41) is 5.01. The Bertz CT molecular complexity index is 566. The molecule has 0 bridgehead atoms. The first-order chi connectivity index (χ1) is 8.74. The van der Waals surface area contributed by atoms with Crippen LogP contribution < -0.4 is 5.32 Å². The normalized spacial score (nSPS) is 18.4. The van der Waals surface area contributed by atoms with Crippen LogP contribution in [0.5, 0.6) is 0 Å². The lowest BCUT2D eigenvalue weighted by atomic mass is 9.92. The lowest BCUT2D eigenvalue weighted by molar-refractivity contribution is 0.499. The number of hydrogen-bond donors (Lipinski definition) is 1. The van der Waals surface area contributed by atoms with Gasteiger partial charge in [-0.1, -0.05) is 53.5 Å². The highest BCUT2D eigenvalue weighted by Crippen LogP contribution is 2.32. The van der Waals surface area contributed by atoms with E-state index in [0.717, 1.165) is 18.0 Å². The van der Waals surface area contributed by atoms with Crippen molar-refractivity contribution in [1.29, 1.82) is 0 Å². The van der Waals surface area contributed by atoms with Crippen LogP contribution in [-0.4, -0.2) is 0 Å². The van der Waals surface area contributed by atoms with Gasteiger partial charge in [0.25, 0.3) is 0 Å². The van der Waals surface area contributed by atoms with Gasteiger partial charge in [0, 0.05) is 22.6 Å². The molecule has 0 spiro atoms. The van der Waals surface area contributed by atoms with Gasteiger partial charge >= 0.3 is 0 Å². The molecular weight excluding hydrogens is 265 g/mol. The minimum Gasteiger partial charge on any atom is -0.306 e. The zero-order valence-corrected chi connectivity index (χ0v) is 11.3. The van der Waals surface area contributed by atoms with E-state index >= 15 is 0 Å². The number of rotatable bonds is 1. The van der Waals surface area contributed by atoms with Gasteiger partial charge in [-0.15, -0.1) is 0 Å². The second-order valence-corrected chi connectivity index (χ2v) is 5.42. The molecule has 2 aromatic carbocycles. The molecule has 1 unspecified atom stereocenters. The van der Waals surface area contributed by atoms with Crippen LogP contribution in [0, 0.1) is 0 Å². The van der Waals surface area contributed by atoms with Gasteiger partial charge in [0.2, 0.25) is 0 Å². The third-order valence-corrected chi connectivity index (χ3v) is 3.96. The summed E-state index contributed by atoms with van der Waals surface area (Å²) >= 11 is 12.3. The van der Waals surface area contributed by atoms with E-state index in [1.165, 1.54) is 16.7 Å². The van der Waals surface area contributed by atoms with Crippen molar-refractivity contribution >= 4 is 23.2 Å². The third kappa shape index (κ3) is 2.26. The van der Waals surface area contributed by atoms with Crippen molar-refractivity contribution in [3.8, 4) is 0 Å². The number of fused-ring (bicyclic) bond motifs is 1. The Hall–Kier alpha value is -1.02. The topological polar surface area (TPSA) is 12.0 Å². The summed E-state index contributed by atoms with van der Waals surface area (Å²) in [5.41, 5.74) is 3.72. The number of hydrogen-bond acceptors (Lipinski definition) is 1. The quantitative estimate of drug-likeness (QED) is 0.816. The molecule has 1 N–H and O–H groups in total. The molecular formula is C15H13Cl2N. The molecule has 2 aromatic rings. The monoisotopic (exact) mass is 277 g/mol. The van der Waals surface area contributed by atoms with Gasteiger partial charge in [0.1, 0.15) is 0 Å². The fourth-order valence-corrected chi connectivity index (χ4v) is 3.09. The van der Waals surface area contributed by atoms with Crippen LogP contribution in [-0.2, 0) is 13.0 Å². The van der Waals surface area contributed by atoms with Gasteiger partial charge in [0.05, 0.1) is 0 Å². The molecule has 0 radical (unpaired) electrons. The highest BCUT2D eigenvalue weighted by atomic mass is 35.5. The van der Waals surface area contributed by atoms with Crippen LogP contribution in [0.4, 0.5) is 0 Å². The van der Waals surface area contributed by atoms with E-state index in [1.54, 1.807) is 0 Å². The Morgan fingerprint density at radius 3 is 2.61 bits per heavy atom. The van der Waals surface area contributed by atoms with Crippen molar-refractivity contribution in [2.24, 2.45) is 0 Å². The summed E-state index contributed by atoms with van der Waals surface area (Å²) in [4.78, 5) is 0. The summed E-state index contributed by atoms with van der Waals surface area (Å²) in [6.07, 6.45) is 0.912. The molecule has 1 heterocycles. The average Bonchev–Trinajstić information content (AvgIpc) is 2.39. The SMILES string of the molecule is Clc1cc(Cl)c2c(c1)CNC(c1ccccc1)C2. The van der Waals surface area contributed by atoms with Crippen molar-refractivity contribution in [2.75, 3.05) is 0 Å². The summed E-state index contributed by atoms with van der Waals surface area (Å²) in [6, 6.07) is 14.6. The summed E-state index contributed by atoms with van der Waals surface area (Å²) in [6.45, 7) is 0.815. The van der Waals surface area contributed by atoms with Crippen LogP contribution in [0.3, 0.4) is 0 Å². The predicted octanol–water partition coefficient (Wildman–Crippen LogP) is 4.38. The molecule has 1 aliphatic heterocycles. The minimum atomic E-state index is 0.331. The molecule has 0 saturated heterocycles. The maximum Gasteiger partial charge on any atom is 0.0456 e. The fourth-order valence-electron chi connectivity index (χ4n) is 2.47. The maximum absolute atomic E-state index is 6.29. The number of nitrogens with one attached hydrogen (secondary N) is 1. The maximum atomic E-state index is 6.29. The van der Waals surface area contributed by atoms with E-state index in [9.17, 15) is 0 Å². The van der Waals surface area contributed by atoms with Crippen molar-refractivity contribution in [2.45, 2.75) is 19.0 Å². The first-order valence-electron chi connectivity index (χ1n) is 5.99. The lowest BCUT2D eigenvalue weighted by Gasteiger charge is -2.27. The van der Waals surface area contributed by atoms with Gasteiger partial charge in [-0.3, -0.25) is 0 Å². The molecule has 0 aliphatic carbocycles. The summed E-state index contributed by atoms with van der Waals surface area (Å²) in [5.74, 6) is 0. The van der Waals surface area contributed by atoms with E-state index < -0.39 is 0 Å². The molecule has 3 rings (SSSR count). The Morgan fingerprint density at radius 2 is 1.83 bits per heavy atom. The Morgan fingerprint density at radius 1 is 1.06 bits per heavy atom. The third-order valence-electron chi connectivity index (χ3n) is 3.40. The van der Waals surface area contributed by atoms with E-state index in [-0.39, 0.29) is 0 Å². The molecule has 0 fully saturated rings. The van der Waals surface area contributed by atoms with Crippen molar-refractivity contribution in [3.05, 3.63) is 69.2 Å². The van der Waals surface area contributed by atoms with E-state index in [2.05, 4.69) is 29.6 Å². The largest absolute Gasteiger partial charge is 0.306 e. The number of halogens is 2. The van der Waals surface area contributed by atoms with Gasteiger partial charge in [0.15, 0.2) is 0 Å². The first kappa shape index (κ1) is 12.0. The standard InChI is InChI=1S/C15H13Cl2N/c16-12-6-11-9-18-15(8-13(11)14(17)7-12)10-4-2-1-3-5-10/h1-7,15,18H,8-9H2. The highest BCUT2D eigenvalue weighted by molar-refractivity contribution is 6.35. The zero-order valence-electron chi connectivity index (χ0n) is 9.79. The number of benzene rings is 2. The minimum absolute atomic E-state index is 0.331. The van der Waals surface area contributed by atoms with Gasteiger partial charge < -0.3 is 5.32 Å². The van der Waals surface area contributed by atoms with Gasteiger partial charge in [-0.05, 0) is 35.2 Å². The molecule has 0 aromatic heterocycles. The summed E-state index contributed by atoms with van der Waals surface area (Å²) < 4.78 is 0. The molecule has 0 saturated carbocycles. The van der Waals surface area contributed by atoms with E-state index in [0.29, 0.717) is 11.1 Å². The molecule has 92 valence electrons. The predicted molar refractivity (Wildman–Crippen MR) is 76.2 cm³/mol. The molecule has 0 amide bonds. The van der Waals surface area contributed by atoms with Crippen molar-refractivity contribution < 1.29 is 0 Å². The van der Waals surface area contributed by atoms with Crippen LogP contribution in [0.1, 0.15) is 22.7 Å². The zero-order chi connectivity index (χ0) is 12.5.